The highest BCUT2D eigenvalue weighted by Crippen LogP contribution is 2.48. The van der Waals surface area contributed by atoms with E-state index in [-0.39, 0.29) is 5.97 Å². The molecule has 2 heterocycles. The molecule has 1 aliphatic heterocycles. The van der Waals surface area contributed by atoms with Crippen LogP contribution in [0, 0.1) is 0 Å². The van der Waals surface area contributed by atoms with Crippen molar-refractivity contribution in [1.29, 1.82) is 0 Å². The van der Waals surface area contributed by atoms with E-state index in [9.17, 15) is 4.79 Å². The Balaban J connectivity index is 2.37. The molecular weight excluding hydrogens is 244 g/mol. The first kappa shape index (κ1) is 11.9. The fourth-order valence-corrected chi connectivity index (χ4v) is 4.74. The van der Waals surface area contributed by atoms with E-state index in [0.717, 1.165) is 29.3 Å². The van der Waals surface area contributed by atoms with Gasteiger partial charge < -0.3 is 9.15 Å². The van der Waals surface area contributed by atoms with Gasteiger partial charge in [0.05, 0.1) is 11.7 Å². The van der Waals surface area contributed by atoms with Crippen LogP contribution in [0.3, 0.4) is 0 Å². The third-order valence-corrected chi connectivity index (χ3v) is 5.52. The van der Waals surface area contributed by atoms with Crippen LogP contribution in [0.5, 0.6) is 0 Å². The van der Waals surface area contributed by atoms with Crippen molar-refractivity contribution in [3.05, 3.63) is 23.2 Å². The van der Waals surface area contributed by atoms with Gasteiger partial charge in [-0.2, -0.15) is 0 Å². The maximum atomic E-state index is 11.6. The molecule has 0 unspecified atom stereocenters. The molecule has 0 bridgehead atoms. The summed E-state index contributed by atoms with van der Waals surface area (Å²) >= 11 is 3.73. The molecule has 1 aromatic heterocycles. The number of hydrogen-bond donors (Lipinski definition) is 0. The summed E-state index contributed by atoms with van der Waals surface area (Å²) in [6, 6.07) is 0. The standard InChI is InChI=1S/C11H14O3S2/c1-3-8-9(11-15-4-5-16-11)7(6-14-8)10(12)13-2/h6,11H,3-5H2,1-2H3. The van der Waals surface area contributed by atoms with E-state index >= 15 is 0 Å². The highest BCUT2D eigenvalue weighted by atomic mass is 32.2. The summed E-state index contributed by atoms with van der Waals surface area (Å²) in [6.45, 7) is 2.04. The minimum absolute atomic E-state index is 0.299. The van der Waals surface area contributed by atoms with Crippen molar-refractivity contribution in [3.8, 4) is 0 Å². The lowest BCUT2D eigenvalue weighted by Gasteiger charge is -2.09. The lowest BCUT2D eigenvalue weighted by atomic mass is 10.1. The minimum Gasteiger partial charge on any atom is -0.468 e. The Kier molecular flexibility index (Phi) is 3.86. The lowest BCUT2D eigenvalue weighted by Crippen LogP contribution is -2.04. The molecule has 88 valence electrons. The highest BCUT2D eigenvalue weighted by molar-refractivity contribution is 8.19. The lowest BCUT2D eigenvalue weighted by molar-refractivity contribution is 0.0599. The number of carbonyl (C=O) groups is 1. The summed E-state index contributed by atoms with van der Waals surface area (Å²) in [7, 11) is 1.40. The summed E-state index contributed by atoms with van der Waals surface area (Å²) < 4.78 is 10.6. The predicted octanol–water partition coefficient (Wildman–Crippen LogP) is 3.11. The van der Waals surface area contributed by atoms with Crippen molar-refractivity contribution in [3.63, 3.8) is 0 Å². The number of esters is 1. The zero-order chi connectivity index (χ0) is 11.5. The number of carbonyl (C=O) groups excluding carboxylic acids is 1. The van der Waals surface area contributed by atoms with Gasteiger partial charge in [-0.1, -0.05) is 6.92 Å². The monoisotopic (exact) mass is 258 g/mol. The number of methoxy groups -OCH3 is 1. The smallest absolute Gasteiger partial charge is 0.341 e. The van der Waals surface area contributed by atoms with Gasteiger partial charge >= 0.3 is 5.97 Å². The average Bonchev–Trinajstić information content (AvgIpc) is 2.95. The number of furan rings is 1. The molecular formula is C11H14O3S2. The zero-order valence-corrected chi connectivity index (χ0v) is 11.0. The molecule has 3 nitrogen and oxygen atoms in total. The van der Waals surface area contributed by atoms with Crippen molar-refractivity contribution in [2.24, 2.45) is 0 Å². The second-order valence-electron chi connectivity index (χ2n) is 3.40. The Labute approximate surface area is 103 Å². The highest BCUT2D eigenvalue weighted by Gasteiger charge is 2.29. The van der Waals surface area contributed by atoms with Crippen molar-refractivity contribution in [2.75, 3.05) is 18.6 Å². The van der Waals surface area contributed by atoms with E-state index < -0.39 is 0 Å². The topological polar surface area (TPSA) is 39.4 Å². The van der Waals surface area contributed by atoms with Gasteiger partial charge in [0.1, 0.15) is 17.6 Å². The third kappa shape index (κ3) is 2.11. The second kappa shape index (κ2) is 5.19. The fourth-order valence-electron chi connectivity index (χ4n) is 1.73. The molecule has 0 radical (unpaired) electrons. The molecule has 1 aromatic rings. The molecule has 2 rings (SSSR count). The Bertz CT molecular complexity index is 381. The van der Waals surface area contributed by atoms with Crippen LogP contribution in [0.4, 0.5) is 0 Å². The van der Waals surface area contributed by atoms with Crippen molar-refractivity contribution < 1.29 is 13.9 Å². The molecule has 0 amide bonds. The molecule has 0 spiro atoms. The molecule has 0 aromatic carbocycles. The predicted molar refractivity (Wildman–Crippen MR) is 67.1 cm³/mol. The average molecular weight is 258 g/mol. The number of hydrogen-bond acceptors (Lipinski definition) is 5. The van der Waals surface area contributed by atoms with E-state index in [0.29, 0.717) is 10.1 Å². The van der Waals surface area contributed by atoms with Crippen LogP contribution < -0.4 is 0 Å². The first-order chi connectivity index (χ1) is 7.77. The van der Waals surface area contributed by atoms with Crippen LogP contribution in [-0.2, 0) is 11.2 Å². The van der Waals surface area contributed by atoms with Crippen LogP contribution in [-0.4, -0.2) is 24.6 Å². The van der Waals surface area contributed by atoms with Gasteiger partial charge in [-0.3, -0.25) is 0 Å². The van der Waals surface area contributed by atoms with Gasteiger partial charge in [-0.25, -0.2) is 4.79 Å². The SMILES string of the molecule is CCc1occ(C(=O)OC)c1C1SCCS1. The van der Waals surface area contributed by atoms with Crippen LogP contribution in [0.15, 0.2) is 10.7 Å². The minimum atomic E-state index is -0.299. The van der Waals surface area contributed by atoms with Crippen LogP contribution >= 0.6 is 23.5 Å². The first-order valence-corrected chi connectivity index (χ1v) is 7.29. The zero-order valence-electron chi connectivity index (χ0n) is 9.32. The van der Waals surface area contributed by atoms with Crippen LogP contribution in [0.25, 0.3) is 0 Å². The fraction of sp³-hybridized carbons (Fsp3) is 0.545. The summed E-state index contributed by atoms with van der Waals surface area (Å²) in [5.74, 6) is 2.87. The van der Waals surface area contributed by atoms with Crippen molar-refractivity contribution in [1.82, 2.24) is 0 Å². The Morgan fingerprint density at radius 2 is 2.25 bits per heavy atom. The Hall–Kier alpha value is -0.550. The molecule has 1 saturated heterocycles. The van der Waals surface area contributed by atoms with Gasteiger partial charge in [0, 0.05) is 23.5 Å². The van der Waals surface area contributed by atoms with E-state index in [4.69, 9.17) is 9.15 Å². The van der Waals surface area contributed by atoms with Gasteiger partial charge in [-0.15, -0.1) is 23.5 Å². The van der Waals surface area contributed by atoms with E-state index in [1.807, 2.05) is 30.4 Å². The quantitative estimate of drug-likeness (QED) is 0.779. The van der Waals surface area contributed by atoms with Gasteiger partial charge in [-0.05, 0) is 0 Å². The summed E-state index contributed by atoms with van der Waals surface area (Å²) in [5, 5.41) is 0. The van der Waals surface area contributed by atoms with Crippen molar-refractivity contribution in [2.45, 2.75) is 17.9 Å². The van der Waals surface area contributed by atoms with Gasteiger partial charge in [0.2, 0.25) is 0 Å². The second-order valence-corrected chi connectivity index (χ2v) is 6.13. The molecule has 0 atom stereocenters. The third-order valence-electron chi connectivity index (χ3n) is 2.49. The first-order valence-electron chi connectivity index (χ1n) is 5.19. The molecule has 0 N–H and O–H groups in total. The van der Waals surface area contributed by atoms with Gasteiger partial charge in [0.15, 0.2) is 0 Å². The number of aryl methyl sites for hydroxylation is 1. The maximum Gasteiger partial charge on any atom is 0.341 e. The summed E-state index contributed by atoms with van der Waals surface area (Å²) in [5.41, 5.74) is 1.62. The normalized spacial score (nSPS) is 16.6. The molecule has 16 heavy (non-hydrogen) atoms. The van der Waals surface area contributed by atoms with E-state index in [1.54, 1.807) is 0 Å². The number of rotatable bonds is 3. The van der Waals surface area contributed by atoms with Crippen molar-refractivity contribution >= 4 is 29.5 Å². The van der Waals surface area contributed by atoms with E-state index in [2.05, 4.69) is 0 Å². The number of thioether (sulfide) groups is 2. The molecule has 5 heteroatoms. The van der Waals surface area contributed by atoms with E-state index in [1.165, 1.54) is 13.4 Å². The summed E-state index contributed by atoms with van der Waals surface area (Å²) in [4.78, 5) is 11.6. The molecule has 1 fully saturated rings. The van der Waals surface area contributed by atoms with Gasteiger partial charge in [0.25, 0.3) is 0 Å². The number of ether oxygens (including phenoxy) is 1. The molecule has 1 aliphatic rings. The molecule has 0 aliphatic carbocycles. The van der Waals surface area contributed by atoms with Crippen LogP contribution in [0.1, 0.15) is 33.2 Å². The summed E-state index contributed by atoms with van der Waals surface area (Å²) in [6.07, 6.45) is 2.34. The Morgan fingerprint density at radius 1 is 1.56 bits per heavy atom. The largest absolute Gasteiger partial charge is 0.468 e. The maximum absolute atomic E-state index is 11.6. The molecule has 0 saturated carbocycles. The Morgan fingerprint density at radius 3 is 2.81 bits per heavy atom. The van der Waals surface area contributed by atoms with Crippen LogP contribution in [0.2, 0.25) is 0 Å².